The third-order valence-electron chi connectivity index (χ3n) is 4.94. The number of aryl methyl sites for hydroxylation is 1. The van der Waals surface area contributed by atoms with Crippen molar-refractivity contribution in [1.82, 2.24) is 10.2 Å². The highest BCUT2D eigenvalue weighted by molar-refractivity contribution is 7.12. The fourth-order valence-corrected chi connectivity index (χ4v) is 4.19. The molecule has 0 radical (unpaired) electrons. The second-order valence-electron chi connectivity index (χ2n) is 6.78. The van der Waals surface area contributed by atoms with E-state index in [0.29, 0.717) is 6.54 Å². The summed E-state index contributed by atoms with van der Waals surface area (Å²) in [6, 6.07) is 10.5. The van der Waals surface area contributed by atoms with Gasteiger partial charge in [0.25, 0.3) is 5.91 Å². The van der Waals surface area contributed by atoms with Crippen LogP contribution < -0.4 is 5.32 Å². The fraction of sp³-hybridized carbons (Fsp3) is 0.400. The highest BCUT2D eigenvalue weighted by atomic mass is 32.1. The van der Waals surface area contributed by atoms with E-state index in [9.17, 15) is 9.59 Å². The highest BCUT2D eigenvalue weighted by Crippen LogP contribution is 2.30. The van der Waals surface area contributed by atoms with Gasteiger partial charge in [-0.1, -0.05) is 36.8 Å². The Morgan fingerprint density at radius 3 is 2.54 bits per heavy atom. The summed E-state index contributed by atoms with van der Waals surface area (Å²) in [5, 5.41) is 14.0. The summed E-state index contributed by atoms with van der Waals surface area (Å²) in [7, 11) is 0. The van der Waals surface area contributed by atoms with Crippen molar-refractivity contribution in [1.29, 1.82) is 0 Å². The third kappa shape index (κ3) is 4.14. The summed E-state index contributed by atoms with van der Waals surface area (Å²) in [4.78, 5) is 26.3. The van der Waals surface area contributed by atoms with Crippen LogP contribution in [0.15, 0.2) is 35.7 Å². The van der Waals surface area contributed by atoms with E-state index in [1.54, 1.807) is 0 Å². The lowest BCUT2D eigenvalue weighted by atomic mass is 9.85. The number of nitrogens with one attached hydrogen (secondary N) is 1. The Hall–Kier alpha value is -2.18. The molecule has 0 unspecified atom stereocenters. The molecule has 2 aromatic rings. The molecule has 3 rings (SSSR count). The maximum Gasteiger partial charge on any atom is 0.317 e. The Kier molecular flexibility index (Phi) is 5.74. The van der Waals surface area contributed by atoms with Crippen molar-refractivity contribution in [3.05, 3.63) is 46.2 Å². The summed E-state index contributed by atoms with van der Waals surface area (Å²) in [6.07, 6.45) is 1.61. The number of rotatable bonds is 7. The standard InChI is InChI=1S/C20H24N2O3S/c1-3-22(12-18(23)24)16-10-15(11-16)21-20(25)19-17(8-9-26-19)14-6-4-13(2)5-7-14/h4-9,15-16H,3,10-12H2,1-2H3,(H,21,25)(H,23,24). The molecule has 2 N–H and O–H groups in total. The number of hydrogen-bond donors (Lipinski definition) is 2. The summed E-state index contributed by atoms with van der Waals surface area (Å²) in [6.45, 7) is 4.78. The van der Waals surface area contributed by atoms with E-state index in [-0.39, 0.29) is 24.5 Å². The fourth-order valence-electron chi connectivity index (χ4n) is 3.37. The minimum Gasteiger partial charge on any atom is -0.480 e. The molecule has 1 heterocycles. The zero-order valence-corrected chi connectivity index (χ0v) is 15.9. The first-order chi connectivity index (χ1) is 12.5. The van der Waals surface area contributed by atoms with Crippen molar-refractivity contribution in [2.75, 3.05) is 13.1 Å². The first kappa shape index (κ1) is 18.6. The van der Waals surface area contributed by atoms with E-state index in [1.807, 2.05) is 54.5 Å². The molecular formula is C20H24N2O3S. The number of aliphatic carboxylic acids is 1. The number of benzene rings is 1. The van der Waals surface area contributed by atoms with E-state index >= 15 is 0 Å². The van der Waals surface area contributed by atoms with Crippen molar-refractivity contribution in [3.8, 4) is 11.1 Å². The summed E-state index contributed by atoms with van der Waals surface area (Å²) in [5.74, 6) is -0.846. The molecule has 0 spiro atoms. The van der Waals surface area contributed by atoms with Crippen LogP contribution in [0, 0.1) is 6.92 Å². The van der Waals surface area contributed by atoms with Gasteiger partial charge in [-0.05, 0) is 43.3 Å². The van der Waals surface area contributed by atoms with Gasteiger partial charge in [0.1, 0.15) is 0 Å². The smallest absolute Gasteiger partial charge is 0.317 e. The number of hydrogen-bond acceptors (Lipinski definition) is 4. The Labute approximate surface area is 157 Å². The molecule has 1 aromatic carbocycles. The summed E-state index contributed by atoms with van der Waals surface area (Å²) >= 11 is 1.45. The molecule has 6 heteroatoms. The minimum absolute atomic E-state index is 0.0414. The summed E-state index contributed by atoms with van der Waals surface area (Å²) < 4.78 is 0. The Morgan fingerprint density at radius 2 is 1.92 bits per heavy atom. The van der Waals surface area contributed by atoms with Crippen LogP contribution in [0.5, 0.6) is 0 Å². The average Bonchev–Trinajstić information content (AvgIpc) is 3.06. The molecule has 1 aliphatic rings. The topological polar surface area (TPSA) is 69.6 Å². The average molecular weight is 372 g/mol. The largest absolute Gasteiger partial charge is 0.480 e. The van der Waals surface area contributed by atoms with Gasteiger partial charge in [-0.25, -0.2) is 0 Å². The van der Waals surface area contributed by atoms with Crippen LogP contribution in [0.4, 0.5) is 0 Å². The second-order valence-corrected chi connectivity index (χ2v) is 7.70. The second kappa shape index (κ2) is 8.01. The number of carbonyl (C=O) groups excluding carboxylic acids is 1. The van der Waals surface area contributed by atoms with Crippen molar-refractivity contribution >= 4 is 23.2 Å². The van der Waals surface area contributed by atoms with Gasteiger partial charge in [0.05, 0.1) is 11.4 Å². The number of carboxylic acid groups (broad SMARTS) is 1. The number of amides is 1. The van der Waals surface area contributed by atoms with Crippen molar-refractivity contribution < 1.29 is 14.7 Å². The van der Waals surface area contributed by atoms with E-state index in [1.165, 1.54) is 16.9 Å². The minimum atomic E-state index is -0.805. The quantitative estimate of drug-likeness (QED) is 0.782. The molecule has 5 nitrogen and oxygen atoms in total. The first-order valence-corrected chi connectivity index (χ1v) is 9.77. The lowest BCUT2D eigenvalue weighted by molar-refractivity contribution is -0.139. The van der Waals surface area contributed by atoms with Gasteiger partial charge in [-0.15, -0.1) is 11.3 Å². The zero-order valence-electron chi connectivity index (χ0n) is 15.1. The van der Waals surface area contributed by atoms with Gasteiger partial charge in [0.2, 0.25) is 0 Å². The monoisotopic (exact) mass is 372 g/mol. The van der Waals surface area contributed by atoms with Crippen LogP contribution in [-0.2, 0) is 4.79 Å². The molecule has 1 fully saturated rings. The lowest BCUT2D eigenvalue weighted by Crippen LogP contribution is -2.54. The molecular weight excluding hydrogens is 348 g/mol. The Bertz CT molecular complexity index is 779. The Balaban J connectivity index is 1.60. The van der Waals surface area contributed by atoms with Gasteiger partial charge in [0, 0.05) is 17.6 Å². The van der Waals surface area contributed by atoms with Crippen LogP contribution in [0.2, 0.25) is 0 Å². The van der Waals surface area contributed by atoms with Crippen LogP contribution in [0.3, 0.4) is 0 Å². The number of likely N-dealkylation sites (N-methyl/N-ethyl adjacent to an activating group) is 1. The number of carbonyl (C=O) groups is 2. The molecule has 0 aliphatic heterocycles. The zero-order chi connectivity index (χ0) is 18.7. The van der Waals surface area contributed by atoms with E-state index in [2.05, 4.69) is 5.32 Å². The number of nitrogens with zero attached hydrogens (tertiary/aromatic N) is 1. The SMILES string of the molecule is CCN(CC(=O)O)C1CC(NC(=O)c2sccc2-c2ccc(C)cc2)C1. The van der Waals surface area contributed by atoms with Crippen molar-refractivity contribution in [2.24, 2.45) is 0 Å². The molecule has 0 bridgehead atoms. The van der Waals surface area contributed by atoms with Crippen LogP contribution in [0.25, 0.3) is 11.1 Å². The molecule has 1 aromatic heterocycles. The highest BCUT2D eigenvalue weighted by Gasteiger charge is 2.35. The van der Waals surface area contributed by atoms with Crippen LogP contribution in [0.1, 0.15) is 35.0 Å². The molecule has 138 valence electrons. The third-order valence-corrected chi connectivity index (χ3v) is 5.86. The molecule has 0 saturated heterocycles. The predicted octanol–water partition coefficient (Wildman–Crippen LogP) is 3.39. The molecule has 1 aliphatic carbocycles. The normalized spacial score (nSPS) is 19.2. The summed E-state index contributed by atoms with van der Waals surface area (Å²) in [5.41, 5.74) is 3.20. The van der Waals surface area contributed by atoms with Gasteiger partial charge in [0.15, 0.2) is 0 Å². The number of thiophene rings is 1. The van der Waals surface area contributed by atoms with Gasteiger partial charge < -0.3 is 10.4 Å². The van der Waals surface area contributed by atoms with E-state index < -0.39 is 5.97 Å². The van der Waals surface area contributed by atoms with Crippen LogP contribution >= 0.6 is 11.3 Å². The number of carboxylic acids is 1. The van der Waals surface area contributed by atoms with Gasteiger partial charge >= 0.3 is 5.97 Å². The Morgan fingerprint density at radius 1 is 1.23 bits per heavy atom. The van der Waals surface area contributed by atoms with Gasteiger partial charge in [-0.3, -0.25) is 14.5 Å². The molecule has 1 saturated carbocycles. The van der Waals surface area contributed by atoms with E-state index in [0.717, 1.165) is 28.8 Å². The van der Waals surface area contributed by atoms with E-state index in [4.69, 9.17) is 5.11 Å². The first-order valence-electron chi connectivity index (χ1n) is 8.89. The molecule has 0 atom stereocenters. The van der Waals surface area contributed by atoms with Crippen molar-refractivity contribution in [2.45, 2.75) is 38.8 Å². The maximum absolute atomic E-state index is 12.7. The van der Waals surface area contributed by atoms with Crippen LogP contribution in [-0.4, -0.2) is 47.1 Å². The van der Waals surface area contributed by atoms with Crippen molar-refractivity contribution in [3.63, 3.8) is 0 Å². The van der Waals surface area contributed by atoms with Gasteiger partial charge in [-0.2, -0.15) is 0 Å². The predicted molar refractivity (Wildman–Crippen MR) is 104 cm³/mol. The maximum atomic E-state index is 12.7. The molecule has 26 heavy (non-hydrogen) atoms. The lowest BCUT2D eigenvalue weighted by Gasteiger charge is -2.42. The molecule has 1 amide bonds.